The van der Waals surface area contributed by atoms with Crippen LogP contribution in [0.1, 0.15) is 43.1 Å². The molecule has 1 saturated heterocycles. The van der Waals surface area contributed by atoms with Crippen molar-refractivity contribution in [1.82, 2.24) is 19.4 Å². The van der Waals surface area contributed by atoms with E-state index in [1.54, 1.807) is 11.3 Å². The van der Waals surface area contributed by atoms with Crippen LogP contribution in [0.2, 0.25) is 0 Å². The molecule has 1 aliphatic carbocycles. The van der Waals surface area contributed by atoms with E-state index < -0.39 is 0 Å². The van der Waals surface area contributed by atoms with Crippen LogP contribution < -0.4 is 0 Å². The van der Waals surface area contributed by atoms with Gasteiger partial charge in [-0.1, -0.05) is 0 Å². The number of hydrogen-bond acceptors (Lipinski definition) is 4. The van der Waals surface area contributed by atoms with Crippen molar-refractivity contribution in [3.8, 4) is 0 Å². The summed E-state index contributed by atoms with van der Waals surface area (Å²) in [7, 11) is 0. The smallest absolute Gasteiger partial charge is 0.113 e. The highest BCUT2D eigenvalue weighted by Gasteiger charge is 2.27. The summed E-state index contributed by atoms with van der Waals surface area (Å²) in [5, 5.41) is 2.16. The number of imidazole rings is 1. The Morgan fingerprint density at radius 1 is 1.24 bits per heavy atom. The molecule has 21 heavy (non-hydrogen) atoms. The zero-order valence-electron chi connectivity index (χ0n) is 12.3. The Morgan fingerprint density at radius 3 is 3.00 bits per heavy atom. The first-order valence-corrected chi connectivity index (χ1v) is 8.93. The van der Waals surface area contributed by atoms with Gasteiger partial charge in [0.25, 0.3) is 0 Å². The average Bonchev–Trinajstić information content (AvgIpc) is 2.98. The van der Waals surface area contributed by atoms with E-state index in [1.807, 2.05) is 11.7 Å². The molecule has 2 fully saturated rings. The van der Waals surface area contributed by atoms with Crippen LogP contribution in [0.25, 0.3) is 0 Å². The Balaban J connectivity index is 1.43. The van der Waals surface area contributed by atoms with E-state index in [0.29, 0.717) is 5.92 Å². The predicted octanol–water partition coefficient (Wildman–Crippen LogP) is 3.13. The molecule has 0 radical (unpaired) electrons. The number of likely N-dealkylation sites (tertiary alicyclic amines) is 1. The number of thiazole rings is 1. The van der Waals surface area contributed by atoms with Crippen molar-refractivity contribution in [3.63, 3.8) is 0 Å². The number of piperidine rings is 1. The highest BCUT2D eigenvalue weighted by Crippen LogP contribution is 2.33. The fourth-order valence-electron chi connectivity index (χ4n) is 3.37. The van der Waals surface area contributed by atoms with Gasteiger partial charge in [-0.25, -0.2) is 9.97 Å². The minimum absolute atomic E-state index is 0.589. The molecule has 0 amide bonds. The highest BCUT2D eigenvalue weighted by molar-refractivity contribution is 7.07. The minimum atomic E-state index is 0.589. The summed E-state index contributed by atoms with van der Waals surface area (Å²) in [4.78, 5) is 11.6. The van der Waals surface area contributed by atoms with Crippen molar-refractivity contribution in [2.24, 2.45) is 5.92 Å². The monoisotopic (exact) mass is 302 g/mol. The number of hydrogen-bond donors (Lipinski definition) is 0. The standard InChI is InChI=1S/C16H22N4S/c1-2-14(9-19(6-1)10-15-11-21-12-18-15)16-17-5-7-20(16)8-13-3-4-13/h5,7,11-14H,1-4,6,8-10H2/t14-/m0/s1. The summed E-state index contributed by atoms with van der Waals surface area (Å²) in [6.07, 6.45) is 9.50. The van der Waals surface area contributed by atoms with Gasteiger partial charge in [-0.3, -0.25) is 4.90 Å². The van der Waals surface area contributed by atoms with Gasteiger partial charge in [0.15, 0.2) is 0 Å². The van der Waals surface area contributed by atoms with E-state index in [-0.39, 0.29) is 0 Å². The van der Waals surface area contributed by atoms with Crippen LogP contribution in [0.15, 0.2) is 23.3 Å². The van der Waals surface area contributed by atoms with Crippen LogP contribution in [0.3, 0.4) is 0 Å². The van der Waals surface area contributed by atoms with E-state index in [1.165, 1.54) is 50.3 Å². The van der Waals surface area contributed by atoms with Gasteiger partial charge in [-0.15, -0.1) is 11.3 Å². The van der Waals surface area contributed by atoms with Gasteiger partial charge in [0, 0.05) is 43.3 Å². The molecule has 0 unspecified atom stereocenters. The Kier molecular flexibility index (Phi) is 3.78. The van der Waals surface area contributed by atoms with Gasteiger partial charge in [0.2, 0.25) is 0 Å². The molecular weight excluding hydrogens is 280 g/mol. The predicted molar refractivity (Wildman–Crippen MR) is 84.3 cm³/mol. The molecule has 4 nitrogen and oxygen atoms in total. The maximum absolute atomic E-state index is 4.67. The molecule has 2 aliphatic rings. The van der Waals surface area contributed by atoms with Crippen molar-refractivity contribution in [2.75, 3.05) is 13.1 Å². The Hall–Kier alpha value is -1.20. The first kappa shape index (κ1) is 13.5. The molecule has 4 rings (SSSR count). The second-order valence-electron chi connectivity index (χ2n) is 6.44. The summed E-state index contributed by atoms with van der Waals surface area (Å²) in [5.41, 5.74) is 3.14. The van der Waals surface area contributed by atoms with E-state index in [0.717, 1.165) is 19.0 Å². The van der Waals surface area contributed by atoms with Crippen molar-refractivity contribution in [1.29, 1.82) is 0 Å². The third kappa shape index (κ3) is 3.19. The third-order valence-electron chi connectivity index (χ3n) is 4.64. The normalized spacial score (nSPS) is 23.5. The maximum atomic E-state index is 4.67. The molecule has 0 N–H and O–H groups in total. The third-order valence-corrected chi connectivity index (χ3v) is 5.27. The average molecular weight is 302 g/mol. The Bertz CT molecular complexity index is 573. The molecule has 0 spiro atoms. The zero-order valence-corrected chi connectivity index (χ0v) is 13.1. The second-order valence-corrected chi connectivity index (χ2v) is 7.15. The first-order chi connectivity index (χ1) is 10.4. The van der Waals surface area contributed by atoms with E-state index in [4.69, 9.17) is 0 Å². The molecule has 1 atom stereocenters. The van der Waals surface area contributed by atoms with E-state index in [9.17, 15) is 0 Å². The topological polar surface area (TPSA) is 34.0 Å². The van der Waals surface area contributed by atoms with Crippen LogP contribution in [0.4, 0.5) is 0 Å². The van der Waals surface area contributed by atoms with Crippen molar-refractivity contribution >= 4 is 11.3 Å². The fraction of sp³-hybridized carbons (Fsp3) is 0.625. The molecule has 1 saturated carbocycles. The summed E-state index contributed by atoms with van der Waals surface area (Å²) in [6, 6.07) is 0. The molecule has 2 aromatic heterocycles. The zero-order chi connectivity index (χ0) is 14.1. The molecule has 0 aromatic carbocycles. The lowest BCUT2D eigenvalue weighted by Gasteiger charge is -2.32. The van der Waals surface area contributed by atoms with Crippen LogP contribution in [-0.2, 0) is 13.1 Å². The lowest BCUT2D eigenvalue weighted by Crippen LogP contribution is -2.35. The minimum Gasteiger partial charge on any atom is -0.334 e. The van der Waals surface area contributed by atoms with Crippen LogP contribution in [0, 0.1) is 5.92 Å². The van der Waals surface area contributed by atoms with Gasteiger partial charge < -0.3 is 4.57 Å². The fourth-order valence-corrected chi connectivity index (χ4v) is 3.92. The Morgan fingerprint density at radius 2 is 2.19 bits per heavy atom. The molecule has 112 valence electrons. The second kappa shape index (κ2) is 5.89. The summed E-state index contributed by atoms with van der Waals surface area (Å²) in [5.74, 6) is 2.81. The van der Waals surface area contributed by atoms with Crippen LogP contribution >= 0.6 is 11.3 Å². The number of aromatic nitrogens is 3. The van der Waals surface area contributed by atoms with E-state index >= 15 is 0 Å². The van der Waals surface area contributed by atoms with Crippen LogP contribution in [0.5, 0.6) is 0 Å². The maximum Gasteiger partial charge on any atom is 0.113 e. The van der Waals surface area contributed by atoms with Crippen LogP contribution in [-0.4, -0.2) is 32.5 Å². The Labute approximate surface area is 129 Å². The molecule has 0 bridgehead atoms. The lowest BCUT2D eigenvalue weighted by atomic mass is 9.97. The SMILES string of the molecule is c1cn(CC2CC2)c([C@H]2CCCN(Cc3cscn3)C2)n1. The van der Waals surface area contributed by atoms with Gasteiger partial charge in [-0.05, 0) is 38.1 Å². The van der Waals surface area contributed by atoms with E-state index in [2.05, 4.69) is 31.0 Å². The highest BCUT2D eigenvalue weighted by atomic mass is 32.1. The summed E-state index contributed by atoms with van der Waals surface area (Å²) >= 11 is 1.69. The van der Waals surface area contributed by atoms with Gasteiger partial charge in [-0.2, -0.15) is 0 Å². The quantitative estimate of drug-likeness (QED) is 0.851. The van der Waals surface area contributed by atoms with Gasteiger partial charge in [0.1, 0.15) is 5.82 Å². The number of rotatable bonds is 5. The number of nitrogens with zero attached hydrogens (tertiary/aromatic N) is 4. The molecule has 3 heterocycles. The molecular formula is C16H22N4S. The van der Waals surface area contributed by atoms with Gasteiger partial charge >= 0.3 is 0 Å². The van der Waals surface area contributed by atoms with Crippen molar-refractivity contribution < 1.29 is 0 Å². The summed E-state index contributed by atoms with van der Waals surface area (Å²) < 4.78 is 2.41. The van der Waals surface area contributed by atoms with Crippen molar-refractivity contribution in [2.45, 2.75) is 44.7 Å². The molecule has 2 aromatic rings. The largest absolute Gasteiger partial charge is 0.334 e. The van der Waals surface area contributed by atoms with Crippen molar-refractivity contribution in [3.05, 3.63) is 34.8 Å². The van der Waals surface area contributed by atoms with Gasteiger partial charge in [0.05, 0.1) is 11.2 Å². The molecule has 1 aliphatic heterocycles. The summed E-state index contributed by atoms with van der Waals surface area (Å²) in [6.45, 7) is 4.48. The first-order valence-electron chi connectivity index (χ1n) is 7.99. The lowest BCUT2D eigenvalue weighted by molar-refractivity contribution is 0.192. The molecule has 5 heteroatoms.